The molecule has 0 saturated carbocycles. The molecule has 1 atom stereocenters. The van der Waals surface area contributed by atoms with E-state index in [1.165, 1.54) is 0 Å². The number of hydrogen-bond acceptors (Lipinski definition) is 4. The number of nitrogens with zero attached hydrogens (tertiary/aromatic N) is 1. The molecule has 1 unspecified atom stereocenters. The van der Waals surface area contributed by atoms with Gasteiger partial charge in [-0.1, -0.05) is 11.6 Å². The summed E-state index contributed by atoms with van der Waals surface area (Å²) in [5.74, 6) is -0.105. The minimum absolute atomic E-state index is 0.441. The van der Waals surface area contributed by atoms with Crippen LogP contribution < -0.4 is 4.74 Å². The first-order valence-electron chi connectivity index (χ1n) is 6.60. The SMILES string of the molecule is O=C(O)C1CN(CCCOc2ccc(Cl)cc2)CCO1. The second-order valence-corrected chi connectivity index (χ2v) is 5.09. The maximum absolute atomic E-state index is 10.9. The van der Waals surface area contributed by atoms with Crippen molar-refractivity contribution in [3.63, 3.8) is 0 Å². The van der Waals surface area contributed by atoms with Crippen LogP contribution in [0.25, 0.3) is 0 Å². The number of carboxylic acids is 1. The van der Waals surface area contributed by atoms with E-state index in [-0.39, 0.29) is 0 Å². The van der Waals surface area contributed by atoms with E-state index < -0.39 is 12.1 Å². The third kappa shape index (κ3) is 4.67. The predicted octanol–water partition coefficient (Wildman–Crippen LogP) is 1.89. The van der Waals surface area contributed by atoms with Gasteiger partial charge in [-0.05, 0) is 30.7 Å². The van der Waals surface area contributed by atoms with Crippen molar-refractivity contribution in [2.75, 3.05) is 32.8 Å². The van der Waals surface area contributed by atoms with Crippen LogP contribution in [-0.2, 0) is 9.53 Å². The van der Waals surface area contributed by atoms with Gasteiger partial charge in [-0.2, -0.15) is 0 Å². The van der Waals surface area contributed by atoms with E-state index in [0.29, 0.717) is 24.8 Å². The van der Waals surface area contributed by atoms with Crippen LogP contribution in [-0.4, -0.2) is 54.9 Å². The first-order chi connectivity index (χ1) is 9.65. The van der Waals surface area contributed by atoms with E-state index in [0.717, 1.165) is 25.3 Å². The van der Waals surface area contributed by atoms with Crippen molar-refractivity contribution in [1.82, 2.24) is 4.90 Å². The lowest BCUT2D eigenvalue weighted by Gasteiger charge is -2.30. The summed E-state index contributed by atoms with van der Waals surface area (Å²) in [7, 11) is 0. The van der Waals surface area contributed by atoms with E-state index in [9.17, 15) is 4.79 Å². The van der Waals surface area contributed by atoms with Crippen molar-refractivity contribution in [2.24, 2.45) is 0 Å². The monoisotopic (exact) mass is 299 g/mol. The average molecular weight is 300 g/mol. The van der Waals surface area contributed by atoms with Gasteiger partial charge in [-0.25, -0.2) is 4.79 Å². The first-order valence-corrected chi connectivity index (χ1v) is 6.98. The molecule has 1 fully saturated rings. The number of aliphatic carboxylic acids is 1. The maximum atomic E-state index is 10.9. The molecular weight excluding hydrogens is 282 g/mol. The largest absolute Gasteiger partial charge is 0.494 e. The van der Waals surface area contributed by atoms with Gasteiger partial charge in [0.05, 0.1) is 13.2 Å². The number of morpholine rings is 1. The zero-order valence-electron chi connectivity index (χ0n) is 11.1. The first kappa shape index (κ1) is 15.1. The number of ether oxygens (including phenoxy) is 2. The van der Waals surface area contributed by atoms with Gasteiger partial charge in [-0.3, -0.25) is 4.90 Å². The molecule has 0 bridgehead atoms. The molecule has 1 aliphatic heterocycles. The van der Waals surface area contributed by atoms with Crippen molar-refractivity contribution in [3.8, 4) is 5.75 Å². The number of hydrogen-bond donors (Lipinski definition) is 1. The highest BCUT2D eigenvalue weighted by molar-refractivity contribution is 6.30. The highest BCUT2D eigenvalue weighted by atomic mass is 35.5. The van der Waals surface area contributed by atoms with Crippen molar-refractivity contribution in [1.29, 1.82) is 0 Å². The molecule has 0 radical (unpaired) electrons. The van der Waals surface area contributed by atoms with Crippen LogP contribution in [0.15, 0.2) is 24.3 Å². The summed E-state index contributed by atoms with van der Waals surface area (Å²) in [5, 5.41) is 9.60. The highest BCUT2D eigenvalue weighted by Crippen LogP contribution is 2.15. The Balaban J connectivity index is 1.65. The Morgan fingerprint density at radius 2 is 2.20 bits per heavy atom. The van der Waals surface area contributed by atoms with Crippen molar-refractivity contribution in [3.05, 3.63) is 29.3 Å². The van der Waals surface area contributed by atoms with Gasteiger partial charge in [0.15, 0.2) is 6.10 Å². The molecule has 110 valence electrons. The van der Waals surface area contributed by atoms with E-state index in [1.807, 2.05) is 12.1 Å². The van der Waals surface area contributed by atoms with E-state index in [2.05, 4.69) is 4.90 Å². The third-order valence-electron chi connectivity index (χ3n) is 3.13. The molecule has 5 nitrogen and oxygen atoms in total. The molecular formula is C14H18ClNO4. The van der Waals surface area contributed by atoms with E-state index in [4.69, 9.17) is 26.2 Å². The highest BCUT2D eigenvalue weighted by Gasteiger charge is 2.25. The van der Waals surface area contributed by atoms with Gasteiger partial charge in [0, 0.05) is 24.7 Å². The van der Waals surface area contributed by atoms with E-state index in [1.54, 1.807) is 12.1 Å². The molecule has 20 heavy (non-hydrogen) atoms. The molecule has 0 aliphatic carbocycles. The summed E-state index contributed by atoms with van der Waals surface area (Å²) in [6, 6.07) is 7.24. The van der Waals surface area contributed by atoms with Crippen molar-refractivity contribution >= 4 is 17.6 Å². The Morgan fingerprint density at radius 1 is 1.45 bits per heavy atom. The Morgan fingerprint density at radius 3 is 2.90 bits per heavy atom. The Labute approximate surface area is 123 Å². The summed E-state index contributed by atoms with van der Waals surface area (Å²) < 4.78 is 10.8. The molecule has 1 N–H and O–H groups in total. The molecule has 1 aromatic rings. The topological polar surface area (TPSA) is 59.0 Å². The number of rotatable bonds is 6. The standard InChI is InChI=1S/C14H18ClNO4/c15-11-2-4-12(5-3-11)19-8-1-6-16-7-9-20-13(10-16)14(17)18/h2-5,13H,1,6-10H2,(H,17,18). The number of carboxylic acid groups (broad SMARTS) is 1. The molecule has 0 aromatic heterocycles. The number of carbonyl (C=O) groups is 1. The zero-order valence-corrected chi connectivity index (χ0v) is 11.9. The van der Waals surface area contributed by atoms with Gasteiger partial charge in [0.1, 0.15) is 5.75 Å². The van der Waals surface area contributed by atoms with Gasteiger partial charge in [-0.15, -0.1) is 0 Å². The number of benzene rings is 1. The Hall–Kier alpha value is -1.30. The van der Waals surface area contributed by atoms with Crippen LogP contribution in [0.1, 0.15) is 6.42 Å². The van der Waals surface area contributed by atoms with Crippen LogP contribution in [0.2, 0.25) is 5.02 Å². The van der Waals surface area contributed by atoms with Gasteiger partial charge >= 0.3 is 5.97 Å². The second kappa shape index (κ2) is 7.47. The van der Waals surface area contributed by atoms with Gasteiger partial charge in [0.25, 0.3) is 0 Å². The second-order valence-electron chi connectivity index (χ2n) is 4.65. The molecule has 2 rings (SSSR count). The van der Waals surface area contributed by atoms with Crippen LogP contribution in [0.4, 0.5) is 0 Å². The smallest absolute Gasteiger partial charge is 0.334 e. The molecule has 0 amide bonds. The summed E-state index contributed by atoms with van der Waals surface area (Å²) in [5.41, 5.74) is 0. The summed E-state index contributed by atoms with van der Waals surface area (Å²) in [6.45, 7) is 3.08. The lowest BCUT2D eigenvalue weighted by Crippen LogP contribution is -2.46. The summed E-state index contributed by atoms with van der Waals surface area (Å²) in [6.07, 6.45) is 0.135. The third-order valence-corrected chi connectivity index (χ3v) is 3.38. The minimum atomic E-state index is -0.896. The lowest BCUT2D eigenvalue weighted by atomic mass is 10.2. The molecule has 1 aromatic carbocycles. The van der Waals surface area contributed by atoms with Crippen LogP contribution in [0.3, 0.4) is 0 Å². The number of halogens is 1. The Kier molecular flexibility index (Phi) is 5.64. The van der Waals surface area contributed by atoms with Gasteiger partial charge < -0.3 is 14.6 Å². The Bertz CT molecular complexity index is 437. The average Bonchev–Trinajstić information content (AvgIpc) is 2.46. The van der Waals surface area contributed by atoms with Crippen molar-refractivity contribution in [2.45, 2.75) is 12.5 Å². The predicted molar refractivity (Wildman–Crippen MR) is 75.4 cm³/mol. The normalized spacial score (nSPS) is 19.8. The molecule has 6 heteroatoms. The summed E-state index contributed by atoms with van der Waals surface area (Å²) >= 11 is 5.79. The lowest BCUT2D eigenvalue weighted by molar-refractivity contribution is -0.156. The minimum Gasteiger partial charge on any atom is -0.494 e. The van der Waals surface area contributed by atoms with Crippen LogP contribution in [0.5, 0.6) is 5.75 Å². The van der Waals surface area contributed by atoms with Crippen molar-refractivity contribution < 1.29 is 19.4 Å². The fraction of sp³-hybridized carbons (Fsp3) is 0.500. The molecule has 1 heterocycles. The fourth-order valence-corrected chi connectivity index (χ4v) is 2.19. The van der Waals surface area contributed by atoms with Crippen LogP contribution >= 0.6 is 11.6 Å². The van der Waals surface area contributed by atoms with E-state index >= 15 is 0 Å². The van der Waals surface area contributed by atoms with Crippen LogP contribution in [0, 0.1) is 0 Å². The maximum Gasteiger partial charge on any atom is 0.334 e. The quantitative estimate of drug-likeness (QED) is 0.813. The van der Waals surface area contributed by atoms with Gasteiger partial charge in [0.2, 0.25) is 0 Å². The zero-order chi connectivity index (χ0) is 14.4. The molecule has 0 spiro atoms. The fourth-order valence-electron chi connectivity index (χ4n) is 2.06. The molecule has 1 aliphatic rings. The molecule has 1 saturated heterocycles. The summed E-state index contributed by atoms with van der Waals surface area (Å²) in [4.78, 5) is 12.9.